The third kappa shape index (κ3) is 3.73. The van der Waals surface area contributed by atoms with Crippen molar-refractivity contribution in [1.29, 1.82) is 0 Å². The number of nitrogens with zero attached hydrogens (tertiary/aromatic N) is 1. The first-order chi connectivity index (χ1) is 7.13. The molecule has 0 spiro atoms. The third-order valence-electron chi connectivity index (χ3n) is 1.74. The van der Waals surface area contributed by atoms with Crippen LogP contribution in [0, 0.1) is 0 Å². The Labute approximate surface area is 95.0 Å². The normalized spacial score (nSPS) is 9.53. The largest absolute Gasteiger partial charge is 0.494 e. The van der Waals surface area contributed by atoms with E-state index in [4.69, 9.17) is 22.8 Å². The molecule has 1 rings (SSSR count). The highest BCUT2D eigenvalue weighted by atomic mass is 32.1. The molecule has 0 saturated carbocycles. The molecular weight excluding hydrogens is 210 g/mol. The van der Waals surface area contributed by atoms with Crippen LogP contribution in [0.3, 0.4) is 0 Å². The highest BCUT2D eigenvalue weighted by Gasteiger charge is 1.99. The summed E-state index contributed by atoms with van der Waals surface area (Å²) in [6, 6.07) is 7.54. The summed E-state index contributed by atoms with van der Waals surface area (Å²) >= 11 is 5.00. The molecule has 0 aliphatic heterocycles. The minimum absolute atomic E-state index is 0.471. The molecule has 0 unspecified atom stereocenters. The van der Waals surface area contributed by atoms with Gasteiger partial charge in [-0.2, -0.15) is 0 Å². The smallest absolute Gasteiger partial charge is 0.187 e. The lowest BCUT2D eigenvalue weighted by atomic mass is 10.3. The van der Waals surface area contributed by atoms with E-state index < -0.39 is 0 Å². The lowest BCUT2D eigenvalue weighted by molar-refractivity contribution is 0.340. The highest BCUT2D eigenvalue weighted by Crippen LogP contribution is 2.15. The van der Waals surface area contributed by atoms with Crippen LogP contribution in [0.15, 0.2) is 24.3 Å². The number of nitrogens with one attached hydrogen (secondary N) is 1. The molecule has 0 heterocycles. The van der Waals surface area contributed by atoms with Gasteiger partial charge in [-0.05, 0) is 43.4 Å². The second kappa shape index (κ2) is 5.53. The predicted octanol–water partition coefficient (Wildman–Crippen LogP) is 1.59. The van der Waals surface area contributed by atoms with E-state index in [-0.39, 0.29) is 0 Å². The van der Waals surface area contributed by atoms with Gasteiger partial charge < -0.3 is 10.1 Å². The number of hydrazine groups is 1. The molecule has 0 amide bonds. The summed E-state index contributed by atoms with van der Waals surface area (Å²) in [6.45, 7) is 2.61. The van der Waals surface area contributed by atoms with Crippen LogP contribution in [0.25, 0.3) is 0 Å². The van der Waals surface area contributed by atoms with Gasteiger partial charge in [-0.25, -0.2) is 5.84 Å². The predicted molar refractivity (Wildman–Crippen MR) is 65.8 cm³/mol. The van der Waals surface area contributed by atoms with E-state index in [2.05, 4.69) is 5.32 Å². The van der Waals surface area contributed by atoms with Gasteiger partial charge >= 0.3 is 0 Å². The molecule has 1 aromatic rings. The summed E-state index contributed by atoms with van der Waals surface area (Å²) in [7, 11) is 1.68. The fourth-order valence-electron chi connectivity index (χ4n) is 1.01. The first-order valence-electron chi connectivity index (χ1n) is 4.65. The Kier molecular flexibility index (Phi) is 4.33. The van der Waals surface area contributed by atoms with E-state index in [1.807, 2.05) is 31.2 Å². The van der Waals surface area contributed by atoms with Crippen molar-refractivity contribution in [2.24, 2.45) is 5.84 Å². The van der Waals surface area contributed by atoms with Gasteiger partial charge in [0.1, 0.15) is 5.75 Å². The first kappa shape index (κ1) is 11.7. The van der Waals surface area contributed by atoms with Crippen molar-refractivity contribution in [2.75, 3.05) is 19.0 Å². The van der Waals surface area contributed by atoms with Gasteiger partial charge in [0, 0.05) is 12.7 Å². The maximum absolute atomic E-state index is 5.47. The number of thiocarbonyl (C=S) groups is 1. The summed E-state index contributed by atoms with van der Waals surface area (Å²) in [5.41, 5.74) is 0.890. The maximum Gasteiger partial charge on any atom is 0.187 e. The fourth-order valence-corrected chi connectivity index (χ4v) is 1.13. The second-order valence-electron chi connectivity index (χ2n) is 3.00. The van der Waals surface area contributed by atoms with Gasteiger partial charge in [0.25, 0.3) is 0 Å². The summed E-state index contributed by atoms with van der Waals surface area (Å²) < 4.78 is 5.32. The van der Waals surface area contributed by atoms with Gasteiger partial charge in [0.15, 0.2) is 5.11 Å². The monoisotopic (exact) mass is 225 g/mol. The molecule has 0 fully saturated rings. The molecule has 5 heteroatoms. The van der Waals surface area contributed by atoms with Gasteiger partial charge in [-0.15, -0.1) is 0 Å². The van der Waals surface area contributed by atoms with E-state index in [0.717, 1.165) is 11.4 Å². The Morgan fingerprint density at radius 3 is 2.53 bits per heavy atom. The van der Waals surface area contributed by atoms with Gasteiger partial charge in [0.2, 0.25) is 0 Å². The number of hydrogen-bond donors (Lipinski definition) is 2. The van der Waals surface area contributed by atoms with Crippen molar-refractivity contribution < 1.29 is 4.74 Å². The van der Waals surface area contributed by atoms with Gasteiger partial charge in [-0.1, -0.05) is 0 Å². The van der Waals surface area contributed by atoms with Crippen molar-refractivity contribution in [3.8, 4) is 5.75 Å². The number of anilines is 1. The average Bonchev–Trinajstić information content (AvgIpc) is 2.21. The molecule has 4 nitrogen and oxygen atoms in total. The minimum Gasteiger partial charge on any atom is -0.494 e. The average molecular weight is 225 g/mol. The Hall–Kier alpha value is -1.33. The lowest BCUT2D eigenvalue weighted by Gasteiger charge is -2.15. The molecule has 0 aliphatic carbocycles. The molecular formula is C10H15N3OS. The molecule has 0 aliphatic rings. The van der Waals surface area contributed by atoms with Crippen molar-refractivity contribution in [3.05, 3.63) is 24.3 Å². The van der Waals surface area contributed by atoms with Crippen LogP contribution in [0.5, 0.6) is 5.75 Å². The molecule has 0 bridgehead atoms. The molecule has 15 heavy (non-hydrogen) atoms. The molecule has 0 atom stereocenters. The number of hydrogen-bond acceptors (Lipinski definition) is 3. The molecule has 82 valence electrons. The number of nitrogens with two attached hydrogens (primary N) is 1. The van der Waals surface area contributed by atoms with Crippen LogP contribution in [0.1, 0.15) is 6.92 Å². The third-order valence-corrected chi connectivity index (χ3v) is 2.13. The number of benzene rings is 1. The second-order valence-corrected chi connectivity index (χ2v) is 3.39. The zero-order valence-electron chi connectivity index (χ0n) is 8.86. The number of rotatable bonds is 3. The van der Waals surface area contributed by atoms with E-state index in [1.165, 1.54) is 5.01 Å². The molecule has 0 saturated heterocycles. The van der Waals surface area contributed by atoms with Crippen LogP contribution in [-0.2, 0) is 0 Å². The minimum atomic E-state index is 0.471. The lowest BCUT2D eigenvalue weighted by Crippen LogP contribution is -2.36. The fraction of sp³-hybridized carbons (Fsp3) is 0.300. The Bertz CT molecular complexity index is 324. The van der Waals surface area contributed by atoms with Crippen molar-refractivity contribution in [2.45, 2.75) is 6.92 Å². The van der Waals surface area contributed by atoms with E-state index in [0.29, 0.717) is 11.7 Å². The van der Waals surface area contributed by atoms with Crippen LogP contribution in [-0.4, -0.2) is 23.8 Å². The van der Waals surface area contributed by atoms with Gasteiger partial charge in [-0.3, -0.25) is 5.01 Å². The summed E-state index contributed by atoms with van der Waals surface area (Å²) in [5, 5.41) is 4.81. The molecule has 0 radical (unpaired) electrons. The van der Waals surface area contributed by atoms with Crippen LogP contribution >= 0.6 is 12.2 Å². The Morgan fingerprint density at radius 2 is 2.07 bits per heavy atom. The van der Waals surface area contributed by atoms with Crippen LogP contribution in [0.4, 0.5) is 5.69 Å². The summed E-state index contributed by atoms with van der Waals surface area (Å²) in [5.74, 6) is 6.31. The number of ether oxygens (including phenoxy) is 1. The molecule has 1 aromatic carbocycles. The first-order valence-corrected chi connectivity index (χ1v) is 5.06. The van der Waals surface area contributed by atoms with Crippen LogP contribution < -0.4 is 15.9 Å². The highest BCUT2D eigenvalue weighted by molar-refractivity contribution is 7.80. The Balaban J connectivity index is 2.60. The Morgan fingerprint density at radius 1 is 1.47 bits per heavy atom. The quantitative estimate of drug-likeness (QED) is 0.465. The van der Waals surface area contributed by atoms with Crippen molar-refractivity contribution >= 4 is 23.0 Å². The van der Waals surface area contributed by atoms with E-state index in [1.54, 1.807) is 7.05 Å². The summed E-state index contributed by atoms with van der Waals surface area (Å²) in [4.78, 5) is 0. The van der Waals surface area contributed by atoms with Gasteiger partial charge in [0.05, 0.1) is 6.61 Å². The topological polar surface area (TPSA) is 50.5 Å². The van der Waals surface area contributed by atoms with Crippen molar-refractivity contribution in [1.82, 2.24) is 5.01 Å². The molecule has 0 aromatic heterocycles. The zero-order chi connectivity index (χ0) is 11.3. The van der Waals surface area contributed by atoms with Crippen LogP contribution in [0.2, 0.25) is 0 Å². The van der Waals surface area contributed by atoms with E-state index in [9.17, 15) is 0 Å². The standard InChI is InChI=1S/C10H15N3OS/c1-3-14-9-6-4-8(5-7-9)12-10(15)13(2)11/h4-7H,3,11H2,1-2H3,(H,12,15). The SMILES string of the molecule is CCOc1ccc(NC(=S)N(C)N)cc1. The van der Waals surface area contributed by atoms with Crippen molar-refractivity contribution in [3.63, 3.8) is 0 Å². The van der Waals surface area contributed by atoms with E-state index >= 15 is 0 Å². The molecule has 3 N–H and O–H groups in total. The zero-order valence-corrected chi connectivity index (χ0v) is 9.67. The summed E-state index contributed by atoms with van der Waals surface area (Å²) in [6.07, 6.45) is 0. The maximum atomic E-state index is 5.47.